The van der Waals surface area contributed by atoms with Crippen LogP contribution in [-0.2, 0) is 0 Å². The first-order chi connectivity index (χ1) is 6.93. The summed E-state index contributed by atoms with van der Waals surface area (Å²) in [5.41, 5.74) is 2.79. The van der Waals surface area contributed by atoms with E-state index in [9.17, 15) is 0 Å². The summed E-state index contributed by atoms with van der Waals surface area (Å²) in [7, 11) is 0. The standard InChI is InChI=1S/C12H14N2/c1-2-6-11-10(5-1)9-14-8-4-3-7-12(14)13-11/h3-4,7,9H,1-2,5-6,8H2. The highest BCUT2D eigenvalue weighted by Crippen LogP contribution is 2.28. The lowest BCUT2D eigenvalue weighted by molar-refractivity contribution is 0.489. The highest BCUT2D eigenvalue weighted by atomic mass is 15.2. The maximum atomic E-state index is 4.71. The van der Waals surface area contributed by atoms with Crippen molar-refractivity contribution in [1.29, 1.82) is 0 Å². The Hall–Kier alpha value is -1.31. The Bertz CT molecular complexity index is 372. The Kier molecular flexibility index (Phi) is 1.79. The van der Waals surface area contributed by atoms with Crippen LogP contribution in [0, 0.1) is 0 Å². The van der Waals surface area contributed by atoms with E-state index in [2.05, 4.69) is 29.3 Å². The summed E-state index contributed by atoms with van der Waals surface area (Å²) in [6.07, 6.45) is 13.7. The number of rotatable bonds is 0. The molecule has 0 spiro atoms. The monoisotopic (exact) mass is 186 g/mol. The van der Waals surface area contributed by atoms with Crippen LogP contribution in [-0.4, -0.2) is 17.2 Å². The van der Waals surface area contributed by atoms with Crippen molar-refractivity contribution >= 4 is 5.71 Å². The number of aliphatic imine (C=N–C) groups is 1. The van der Waals surface area contributed by atoms with E-state index in [0.717, 1.165) is 12.4 Å². The average molecular weight is 186 g/mol. The second-order valence-corrected chi connectivity index (χ2v) is 4.03. The third-order valence-electron chi connectivity index (χ3n) is 3.02. The average Bonchev–Trinajstić information content (AvgIpc) is 2.26. The lowest BCUT2D eigenvalue weighted by Crippen LogP contribution is -2.26. The quantitative estimate of drug-likeness (QED) is 0.567. The van der Waals surface area contributed by atoms with Crippen molar-refractivity contribution in [1.82, 2.24) is 4.90 Å². The fourth-order valence-corrected chi connectivity index (χ4v) is 2.24. The third-order valence-corrected chi connectivity index (χ3v) is 3.02. The smallest absolute Gasteiger partial charge is 0.133 e. The van der Waals surface area contributed by atoms with Crippen LogP contribution in [0.25, 0.3) is 0 Å². The van der Waals surface area contributed by atoms with Gasteiger partial charge in [0, 0.05) is 18.5 Å². The molecular weight excluding hydrogens is 172 g/mol. The van der Waals surface area contributed by atoms with Crippen LogP contribution in [0.4, 0.5) is 0 Å². The fourth-order valence-electron chi connectivity index (χ4n) is 2.24. The molecule has 0 saturated heterocycles. The molecule has 0 N–H and O–H groups in total. The predicted molar refractivity (Wildman–Crippen MR) is 57.9 cm³/mol. The summed E-state index contributed by atoms with van der Waals surface area (Å²) in [5, 5.41) is 0. The van der Waals surface area contributed by atoms with Crippen LogP contribution in [0.5, 0.6) is 0 Å². The molecular formula is C12H14N2. The molecule has 1 fully saturated rings. The van der Waals surface area contributed by atoms with Crippen LogP contribution in [0.1, 0.15) is 25.7 Å². The molecule has 0 atom stereocenters. The second kappa shape index (κ2) is 3.12. The molecule has 1 aliphatic carbocycles. The molecule has 72 valence electrons. The highest BCUT2D eigenvalue weighted by Gasteiger charge is 2.21. The molecule has 3 rings (SSSR count). The minimum Gasteiger partial charge on any atom is -0.329 e. The molecule has 0 bridgehead atoms. The Labute approximate surface area is 84.3 Å². The Balaban J connectivity index is 1.99. The van der Waals surface area contributed by atoms with Crippen molar-refractivity contribution < 1.29 is 0 Å². The SMILES string of the molecule is C1=CCN2C=C3CCCCC3=NC2=C1. The van der Waals surface area contributed by atoms with Gasteiger partial charge in [-0.05, 0) is 37.3 Å². The number of hydrogen-bond acceptors (Lipinski definition) is 2. The third kappa shape index (κ3) is 1.22. The van der Waals surface area contributed by atoms with E-state index < -0.39 is 0 Å². The van der Waals surface area contributed by atoms with Gasteiger partial charge in [0.25, 0.3) is 0 Å². The van der Waals surface area contributed by atoms with Crippen LogP contribution >= 0.6 is 0 Å². The summed E-state index contributed by atoms with van der Waals surface area (Å²) >= 11 is 0. The zero-order valence-corrected chi connectivity index (χ0v) is 8.24. The second-order valence-electron chi connectivity index (χ2n) is 4.03. The molecule has 0 unspecified atom stereocenters. The molecule has 0 aromatic carbocycles. The molecule has 2 nitrogen and oxygen atoms in total. The summed E-state index contributed by atoms with van der Waals surface area (Å²) in [6, 6.07) is 0. The first-order valence-electron chi connectivity index (χ1n) is 5.35. The summed E-state index contributed by atoms with van der Waals surface area (Å²) < 4.78 is 0. The topological polar surface area (TPSA) is 15.6 Å². The van der Waals surface area contributed by atoms with Crippen LogP contribution in [0.15, 0.2) is 40.8 Å². The van der Waals surface area contributed by atoms with Gasteiger partial charge in [0.2, 0.25) is 0 Å². The van der Waals surface area contributed by atoms with Crippen molar-refractivity contribution in [2.45, 2.75) is 25.7 Å². The minimum absolute atomic E-state index is 0.978. The maximum absolute atomic E-state index is 4.71. The first-order valence-corrected chi connectivity index (χ1v) is 5.35. The molecule has 0 amide bonds. The molecule has 0 radical (unpaired) electrons. The number of nitrogens with zero attached hydrogens (tertiary/aromatic N) is 2. The van der Waals surface area contributed by atoms with Gasteiger partial charge in [-0.25, -0.2) is 4.99 Å². The molecule has 14 heavy (non-hydrogen) atoms. The van der Waals surface area contributed by atoms with Gasteiger partial charge in [0.15, 0.2) is 0 Å². The molecule has 2 aliphatic heterocycles. The van der Waals surface area contributed by atoms with Crippen LogP contribution < -0.4 is 0 Å². The zero-order chi connectivity index (χ0) is 9.38. The summed E-state index contributed by atoms with van der Waals surface area (Å²) in [5.74, 6) is 1.12. The van der Waals surface area contributed by atoms with Crippen molar-refractivity contribution in [3.8, 4) is 0 Å². The van der Waals surface area contributed by atoms with E-state index in [4.69, 9.17) is 4.99 Å². The highest BCUT2D eigenvalue weighted by molar-refractivity contribution is 6.02. The van der Waals surface area contributed by atoms with E-state index in [1.807, 2.05) is 0 Å². The van der Waals surface area contributed by atoms with Gasteiger partial charge in [-0.15, -0.1) is 0 Å². The van der Waals surface area contributed by atoms with E-state index in [1.165, 1.54) is 37.0 Å². The van der Waals surface area contributed by atoms with Gasteiger partial charge < -0.3 is 4.90 Å². The minimum atomic E-state index is 0.978. The number of hydrogen-bond donors (Lipinski definition) is 0. The molecule has 2 heterocycles. The first kappa shape index (κ1) is 8.04. The maximum Gasteiger partial charge on any atom is 0.133 e. The van der Waals surface area contributed by atoms with Crippen molar-refractivity contribution in [2.24, 2.45) is 4.99 Å². The van der Waals surface area contributed by atoms with Crippen molar-refractivity contribution in [3.05, 3.63) is 35.8 Å². The van der Waals surface area contributed by atoms with E-state index in [1.54, 1.807) is 0 Å². The molecule has 0 aromatic heterocycles. The van der Waals surface area contributed by atoms with Gasteiger partial charge in [-0.3, -0.25) is 0 Å². The summed E-state index contributed by atoms with van der Waals surface area (Å²) in [6.45, 7) is 0.978. The van der Waals surface area contributed by atoms with Crippen molar-refractivity contribution in [2.75, 3.05) is 6.54 Å². The predicted octanol–water partition coefficient (Wildman–Crippen LogP) is 2.61. The molecule has 3 aliphatic rings. The normalized spacial score (nSPS) is 24.6. The van der Waals surface area contributed by atoms with E-state index in [0.29, 0.717) is 0 Å². The molecule has 0 aromatic rings. The van der Waals surface area contributed by atoms with Gasteiger partial charge in [0.1, 0.15) is 5.82 Å². The Morgan fingerprint density at radius 3 is 3.14 bits per heavy atom. The van der Waals surface area contributed by atoms with Crippen LogP contribution in [0.3, 0.4) is 0 Å². The largest absolute Gasteiger partial charge is 0.329 e. The number of allylic oxidation sites excluding steroid dienone is 3. The zero-order valence-electron chi connectivity index (χ0n) is 8.24. The van der Waals surface area contributed by atoms with Gasteiger partial charge in [-0.2, -0.15) is 0 Å². The van der Waals surface area contributed by atoms with E-state index >= 15 is 0 Å². The van der Waals surface area contributed by atoms with Gasteiger partial charge in [-0.1, -0.05) is 12.2 Å². The summed E-state index contributed by atoms with van der Waals surface area (Å²) in [4.78, 5) is 6.95. The Morgan fingerprint density at radius 2 is 2.14 bits per heavy atom. The van der Waals surface area contributed by atoms with E-state index in [-0.39, 0.29) is 0 Å². The molecule has 1 saturated carbocycles. The lowest BCUT2D eigenvalue weighted by atomic mass is 9.92. The Morgan fingerprint density at radius 1 is 1.21 bits per heavy atom. The van der Waals surface area contributed by atoms with Crippen LogP contribution in [0.2, 0.25) is 0 Å². The van der Waals surface area contributed by atoms with Crippen molar-refractivity contribution in [3.63, 3.8) is 0 Å². The lowest BCUT2D eigenvalue weighted by Gasteiger charge is -2.30. The fraction of sp³-hybridized carbons (Fsp3) is 0.417. The molecule has 2 heteroatoms. The van der Waals surface area contributed by atoms with Gasteiger partial charge >= 0.3 is 0 Å². The van der Waals surface area contributed by atoms with Gasteiger partial charge in [0.05, 0.1) is 0 Å². The number of fused-ring (bicyclic) bond motifs is 2.